The third kappa shape index (κ3) is 1.54. The molecule has 0 saturated heterocycles. The highest BCUT2D eigenvalue weighted by Crippen LogP contribution is 2.10. The fourth-order valence-electron chi connectivity index (χ4n) is 1.17. The first-order chi connectivity index (χ1) is 6.40. The summed E-state index contributed by atoms with van der Waals surface area (Å²) in [5.74, 6) is 0. The number of allylic oxidation sites excluding steroid dienone is 1. The Morgan fingerprint density at radius 2 is 2.31 bits per heavy atom. The predicted octanol–water partition coefficient (Wildman–Crippen LogP) is 1.82. The summed E-state index contributed by atoms with van der Waals surface area (Å²) in [6, 6.07) is 3.87. The van der Waals surface area contributed by atoms with Gasteiger partial charge in [-0.3, -0.25) is 4.98 Å². The van der Waals surface area contributed by atoms with Crippen LogP contribution in [0.3, 0.4) is 0 Å². The summed E-state index contributed by atoms with van der Waals surface area (Å²) in [7, 11) is 0. The Morgan fingerprint density at radius 1 is 1.38 bits per heavy atom. The second-order valence-electron chi connectivity index (χ2n) is 2.76. The minimum atomic E-state index is 0.759. The standard InChI is InChI=1S/C10H9N3/c1-2-9-6-10(13-12-9)8-4-3-5-11-7-8/h2-5,7H,1,6H2. The minimum Gasteiger partial charge on any atom is -0.264 e. The van der Waals surface area contributed by atoms with Crippen LogP contribution in [0, 0.1) is 0 Å². The van der Waals surface area contributed by atoms with Crippen LogP contribution in [0.2, 0.25) is 0 Å². The van der Waals surface area contributed by atoms with Gasteiger partial charge < -0.3 is 0 Å². The molecule has 0 amide bonds. The van der Waals surface area contributed by atoms with Gasteiger partial charge in [-0.1, -0.05) is 6.58 Å². The summed E-state index contributed by atoms with van der Waals surface area (Å²) in [5, 5.41) is 8.02. The van der Waals surface area contributed by atoms with Gasteiger partial charge in [0, 0.05) is 24.4 Å². The van der Waals surface area contributed by atoms with Crippen LogP contribution >= 0.6 is 0 Å². The molecule has 0 radical (unpaired) electrons. The van der Waals surface area contributed by atoms with Crippen LogP contribution in [-0.2, 0) is 0 Å². The molecule has 3 heteroatoms. The van der Waals surface area contributed by atoms with Gasteiger partial charge in [-0.25, -0.2) is 0 Å². The number of aromatic nitrogens is 1. The van der Waals surface area contributed by atoms with Gasteiger partial charge in [-0.2, -0.15) is 10.2 Å². The molecular weight excluding hydrogens is 162 g/mol. The summed E-state index contributed by atoms with van der Waals surface area (Å²) in [4.78, 5) is 4.02. The number of nitrogens with zero attached hydrogens (tertiary/aromatic N) is 3. The zero-order chi connectivity index (χ0) is 9.10. The first-order valence-electron chi connectivity index (χ1n) is 4.06. The van der Waals surface area contributed by atoms with E-state index in [0.29, 0.717) is 0 Å². The maximum atomic E-state index is 4.05. The van der Waals surface area contributed by atoms with Crippen molar-refractivity contribution >= 4 is 11.4 Å². The molecule has 0 bridgehead atoms. The van der Waals surface area contributed by atoms with Gasteiger partial charge in [0.25, 0.3) is 0 Å². The molecule has 13 heavy (non-hydrogen) atoms. The van der Waals surface area contributed by atoms with Gasteiger partial charge in [-0.15, -0.1) is 0 Å². The fraction of sp³-hybridized carbons (Fsp3) is 0.100. The van der Waals surface area contributed by atoms with Crippen LogP contribution in [0.15, 0.2) is 47.4 Å². The molecule has 1 aliphatic rings. The summed E-state index contributed by atoms with van der Waals surface area (Å²) in [6.45, 7) is 3.65. The number of hydrogen-bond acceptors (Lipinski definition) is 3. The molecule has 0 unspecified atom stereocenters. The highest BCUT2D eigenvalue weighted by Gasteiger charge is 2.11. The van der Waals surface area contributed by atoms with Gasteiger partial charge >= 0.3 is 0 Å². The molecule has 1 aromatic heterocycles. The van der Waals surface area contributed by atoms with Crippen molar-refractivity contribution < 1.29 is 0 Å². The van der Waals surface area contributed by atoms with Crippen LogP contribution in [0.5, 0.6) is 0 Å². The van der Waals surface area contributed by atoms with Crippen molar-refractivity contribution in [1.29, 1.82) is 0 Å². The molecule has 2 rings (SSSR count). The lowest BCUT2D eigenvalue weighted by Crippen LogP contribution is -2.01. The lowest BCUT2D eigenvalue weighted by atomic mass is 10.1. The Balaban J connectivity index is 2.20. The third-order valence-electron chi connectivity index (χ3n) is 1.88. The van der Waals surface area contributed by atoms with Crippen molar-refractivity contribution in [1.82, 2.24) is 4.98 Å². The maximum absolute atomic E-state index is 4.05. The van der Waals surface area contributed by atoms with Crippen LogP contribution in [0.4, 0.5) is 0 Å². The zero-order valence-corrected chi connectivity index (χ0v) is 7.14. The average Bonchev–Trinajstić information content (AvgIpc) is 2.67. The lowest BCUT2D eigenvalue weighted by Gasteiger charge is -1.96. The summed E-state index contributed by atoms with van der Waals surface area (Å²) in [5.41, 5.74) is 2.91. The van der Waals surface area contributed by atoms with E-state index in [9.17, 15) is 0 Å². The topological polar surface area (TPSA) is 37.6 Å². The van der Waals surface area contributed by atoms with Gasteiger partial charge in [0.1, 0.15) is 0 Å². The van der Waals surface area contributed by atoms with E-state index < -0.39 is 0 Å². The van der Waals surface area contributed by atoms with Crippen molar-refractivity contribution in [3.63, 3.8) is 0 Å². The maximum Gasteiger partial charge on any atom is 0.0778 e. The van der Waals surface area contributed by atoms with E-state index in [1.54, 1.807) is 18.5 Å². The summed E-state index contributed by atoms with van der Waals surface area (Å²) >= 11 is 0. The molecule has 1 aliphatic heterocycles. The van der Waals surface area contributed by atoms with Crippen LogP contribution in [0.25, 0.3) is 0 Å². The van der Waals surface area contributed by atoms with Gasteiger partial charge in [0.15, 0.2) is 0 Å². The lowest BCUT2D eigenvalue weighted by molar-refractivity contribution is 1.26. The summed E-state index contributed by atoms with van der Waals surface area (Å²) in [6.07, 6.45) is 6.02. The van der Waals surface area contributed by atoms with Gasteiger partial charge in [0.2, 0.25) is 0 Å². The van der Waals surface area contributed by atoms with Gasteiger partial charge in [-0.05, 0) is 18.2 Å². The van der Waals surface area contributed by atoms with E-state index in [2.05, 4.69) is 21.8 Å². The minimum absolute atomic E-state index is 0.759. The third-order valence-corrected chi connectivity index (χ3v) is 1.88. The molecule has 0 spiro atoms. The van der Waals surface area contributed by atoms with Crippen LogP contribution < -0.4 is 0 Å². The average molecular weight is 171 g/mol. The number of hydrogen-bond donors (Lipinski definition) is 0. The number of pyridine rings is 1. The second kappa shape index (κ2) is 3.31. The summed E-state index contributed by atoms with van der Waals surface area (Å²) < 4.78 is 0. The molecule has 0 atom stereocenters. The first-order valence-corrected chi connectivity index (χ1v) is 4.06. The molecular formula is C10H9N3. The van der Waals surface area contributed by atoms with Crippen molar-refractivity contribution in [2.45, 2.75) is 6.42 Å². The monoisotopic (exact) mass is 171 g/mol. The van der Waals surface area contributed by atoms with Gasteiger partial charge in [0.05, 0.1) is 11.4 Å². The molecule has 3 nitrogen and oxygen atoms in total. The molecule has 0 N–H and O–H groups in total. The van der Waals surface area contributed by atoms with Crippen LogP contribution in [0.1, 0.15) is 12.0 Å². The van der Waals surface area contributed by atoms with Crippen molar-refractivity contribution in [3.05, 3.63) is 42.7 Å². The Morgan fingerprint density at radius 3 is 2.92 bits per heavy atom. The molecule has 0 aromatic carbocycles. The highest BCUT2D eigenvalue weighted by molar-refractivity contribution is 6.18. The van der Waals surface area contributed by atoms with Crippen molar-refractivity contribution in [3.8, 4) is 0 Å². The van der Waals surface area contributed by atoms with E-state index in [0.717, 1.165) is 23.4 Å². The smallest absolute Gasteiger partial charge is 0.0778 e. The molecule has 1 aromatic rings. The number of rotatable bonds is 2. The quantitative estimate of drug-likeness (QED) is 0.668. The van der Waals surface area contributed by atoms with E-state index in [1.807, 2.05) is 12.1 Å². The predicted molar refractivity (Wildman–Crippen MR) is 53.0 cm³/mol. The Labute approximate surface area is 76.5 Å². The van der Waals surface area contributed by atoms with Crippen molar-refractivity contribution in [2.24, 2.45) is 10.2 Å². The largest absolute Gasteiger partial charge is 0.264 e. The van der Waals surface area contributed by atoms with E-state index >= 15 is 0 Å². The van der Waals surface area contributed by atoms with E-state index in [-0.39, 0.29) is 0 Å². The Kier molecular flexibility index (Phi) is 2.00. The Bertz CT molecular complexity index is 376. The molecule has 0 saturated carbocycles. The molecule has 2 heterocycles. The fourth-order valence-corrected chi connectivity index (χ4v) is 1.17. The Hall–Kier alpha value is -1.77. The van der Waals surface area contributed by atoms with E-state index in [4.69, 9.17) is 0 Å². The molecule has 0 aliphatic carbocycles. The molecule has 64 valence electrons. The normalized spacial score (nSPS) is 15.1. The molecule has 0 fully saturated rings. The van der Waals surface area contributed by atoms with Crippen LogP contribution in [-0.4, -0.2) is 16.4 Å². The second-order valence-corrected chi connectivity index (χ2v) is 2.76. The SMILES string of the molecule is C=CC1=NN=C(c2cccnc2)C1. The highest BCUT2D eigenvalue weighted by atomic mass is 15.2. The van der Waals surface area contributed by atoms with E-state index in [1.165, 1.54) is 0 Å². The van der Waals surface area contributed by atoms with Crippen molar-refractivity contribution in [2.75, 3.05) is 0 Å². The zero-order valence-electron chi connectivity index (χ0n) is 7.14. The first kappa shape index (κ1) is 7.86.